The summed E-state index contributed by atoms with van der Waals surface area (Å²) in [4.78, 5) is 11.3. The Labute approximate surface area is 96.3 Å². The van der Waals surface area contributed by atoms with Gasteiger partial charge in [-0.2, -0.15) is 0 Å². The van der Waals surface area contributed by atoms with Crippen LogP contribution in [-0.4, -0.2) is 11.0 Å². The first-order valence-corrected chi connectivity index (χ1v) is 5.75. The van der Waals surface area contributed by atoms with Gasteiger partial charge >= 0.3 is 0 Å². The number of carbonyl (C=O) groups excluding carboxylic acids is 1. The molecule has 0 bridgehead atoms. The second-order valence-corrected chi connectivity index (χ2v) is 3.95. The largest absolute Gasteiger partial charge is 0.508 e. The topological polar surface area (TPSA) is 63.3 Å². The van der Waals surface area contributed by atoms with Crippen LogP contribution in [0, 0.1) is 0 Å². The van der Waals surface area contributed by atoms with E-state index >= 15 is 0 Å². The number of hydrogen-bond donors (Lipinski definition) is 2. The number of carbonyl (C=O) groups is 1. The van der Waals surface area contributed by atoms with E-state index in [1.807, 2.05) is 13.8 Å². The Hall–Kier alpha value is -1.51. The molecule has 0 unspecified atom stereocenters. The van der Waals surface area contributed by atoms with Crippen molar-refractivity contribution in [3.8, 4) is 5.75 Å². The molecule has 0 aliphatic heterocycles. The van der Waals surface area contributed by atoms with Crippen LogP contribution in [0.5, 0.6) is 5.75 Å². The van der Waals surface area contributed by atoms with Crippen molar-refractivity contribution >= 4 is 5.91 Å². The lowest BCUT2D eigenvalue weighted by Gasteiger charge is -2.13. The molecule has 0 aliphatic carbocycles. The highest BCUT2D eigenvalue weighted by Gasteiger charge is 2.14. The van der Waals surface area contributed by atoms with Crippen LogP contribution in [0.3, 0.4) is 0 Å². The zero-order valence-corrected chi connectivity index (χ0v) is 9.92. The van der Waals surface area contributed by atoms with E-state index in [4.69, 9.17) is 5.73 Å². The first kappa shape index (κ1) is 12.6. The molecule has 1 rings (SSSR count). The van der Waals surface area contributed by atoms with Gasteiger partial charge in [0.1, 0.15) is 5.75 Å². The van der Waals surface area contributed by atoms with E-state index in [1.165, 1.54) is 0 Å². The fourth-order valence-corrected chi connectivity index (χ4v) is 1.98. The molecule has 0 aromatic heterocycles. The van der Waals surface area contributed by atoms with Gasteiger partial charge in [-0.15, -0.1) is 0 Å². The van der Waals surface area contributed by atoms with Gasteiger partial charge < -0.3 is 10.8 Å². The Bertz CT molecular complexity index is 386. The molecule has 0 fully saturated rings. The number of benzene rings is 1. The van der Waals surface area contributed by atoms with Crippen molar-refractivity contribution < 1.29 is 9.90 Å². The van der Waals surface area contributed by atoms with Gasteiger partial charge in [-0.1, -0.05) is 26.7 Å². The molecule has 0 spiro atoms. The number of rotatable bonds is 5. The van der Waals surface area contributed by atoms with Gasteiger partial charge in [0.25, 0.3) is 0 Å². The minimum Gasteiger partial charge on any atom is -0.508 e. The highest BCUT2D eigenvalue weighted by Crippen LogP contribution is 2.27. The van der Waals surface area contributed by atoms with Gasteiger partial charge in [0, 0.05) is 5.56 Å². The smallest absolute Gasteiger partial charge is 0.248 e. The quantitative estimate of drug-likeness (QED) is 0.801. The van der Waals surface area contributed by atoms with Crippen LogP contribution in [-0.2, 0) is 12.8 Å². The summed E-state index contributed by atoms with van der Waals surface area (Å²) in [7, 11) is 0. The monoisotopic (exact) mass is 221 g/mol. The summed E-state index contributed by atoms with van der Waals surface area (Å²) in [5.41, 5.74) is 7.67. The number of hydrogen-bond acceptors (Lipinski definition) is 2. The maximum Gasteiger partial charge on any atom is 0.248 e. The number of aromatic hydroxyl groups is 1. The lowest BCUT2D eigenvalue weighted by atomic mass is 9.93. The van der Waals surface area contributed by atoms with E-state index < -0.39 is 5.91 Å². The second kappa shape index (κ2) is 5.54. The van der Waals surface area contributed by atoms with Crippen LogP contribution < -0.4 is 5.73 Å². The van der Waals surface area contributed by atoms with Gasteiger partial charge in [-0.05, 0) is 36.1 Å². The Morgan fingerprint density at radius 1 is 1.19 bits per heavy atom. The highest BCUT2D eigenvalue weighted by molar-refractivity contribution is 5.95. The molecule has 1 amide bonds. The van der Waals surface area contributed by atoms with Crippen molar-refractivity contribution in [3.05, 3.63) is 28.8 Å². The minimum atomic E-state index is -0.416. The average Bonchev–Trinajstić information content (AvgIpc) is 2.23. The summed E-state index contributed by atoms with van der Waals surface area (Å²) in [6.07, 6.45) is 3.43. The van der Waals surface area contributed by atoms with E-state index in [0.29, 0.717) is 5.56 Å². The Balaban J connectivity index is 3.30. The zero-order valence-electron chi connectivity index (χ0n) is 9.92. The molecular weight excluding hydrogens is 202 g/mol. The highest BCUT2D eigenvalue weighted by atomic mass is 16.3. The molecular formula is C13H19NO2. The maximum absolute atomic E-state index is 11.3. The van der Waals surface area contributed by atoms with Crippen molar-refractivity contribution in [1.82, 2.24) is 0 Å². The fraction of sp³-hybridized carbons (Fsp3) is 0.462. The summed E-state index contributed by atoms with van der Waals surface area (Å²) in [6.45, 7) is 4.09. The van der Waals surface area contributed by atoms with Crippen LogP contribution in [0.4, 0.5) is 0 Å². The third-order valence-electron chi connectivity index (χ3n) is 2.67. The molecule has 0 saturated carbocycles. The normalized spacial score (nSPS) is 10.4. The predicted octanol–water partition coefficient (Wildman–Crippen LogP) is 2.40. The molecule has 88 valence electrons. The van der Waals surface area contributed by atoms with Crippen LogP contribution in [0.1, 0.15) is 48.2 Å². The average molecular weight is 221 g/mol. The van der Waals surface area contributed by atoms with Crippen LogP contribution in [0.2, 0.25) is 0 Å². The molecule has 1 aromatic rings. The van der Waals surface area contributed by atoms with Gasteiger partial charge in [0.2, 0.25) is 5.91 Å². The first-order chi connectivity index (χ1) is 7.61. The third kappa shape index (κ3) is 2.54. The Morgan fingerprint density at radius 2 is 1.75 bits per heavy atom. The lowest BCUT2D eigenvalue weighted by Crippen LogP contribution is -2.15. The number of phenols is 1. The van der Waals surface area contributed by atoms with Gasteiger partial charge in [0.05, 0.1) is 0 Å². The Kier molecular flexibility index (Phi) is 4.35. The second-order valence-electron chi connectivity index (χ2n) is 3.95. The molecule has 16 heavy (non-hydrogen) atoms. The summed E-state index contributed by atoms with van der Waals surface area (Å²) < 4.78 is 0. The van der Waals surface area contributed by atoms with Crippen molar-refractivity contribution in [2.75, 3.05) is 0 Å². The van der Waals surface area contributed by atoms with Crippen molar-refractivity contribution in [1.29, 1.82) is 0 Å². The molecule has 3 heteroatoms. The number of primary amides is 1. The third-order valence-corrected chi connectivity index (χ3v) is 2.67. The summed E-state index contributed by atoms with van der Waals surface area (Å²) >= 11 is 0. The van der Waals surface area contributed by atoms with Crippen LogP contribution in [0.15, 0.2) is 12.1 Å². The standard InChI is InChI=1S/C13H19NO2/c1-3-5-9-10(6-4-2)12(15)8-7-11(9)13(14)16/h7-8,15H,3-6H2,1-2H3,(H2,14,16). The van der Waals surface area contributed by atoms with Crippen molar-refractivity contribution in [2.24, 2.45) is 5.73 Å². The molecule has 0 radical (unpaired) electrons. The van der Waals surface area contributed by atoms with E-state index in [2.05, 4.69) is 0 Å². The lowest BCUT2D eigenvalue weighted by molar-refractivity contribution is 0.0999. The fourth-order valence-electron chi connectivity index (χ4n) is 1.98. The van der Waals surface area contributed by atoms with E-state index in [0.717, 1.165) is 36.8 Å². The molecule has 0 aliphatic rings. The molecule has 0 heterocycles. The SMILES string of the molecule is CCCc1c(O)ccc(C(N)=O)c1CCC. The molecule has 0 atom stereocenters. The van der Waals surface area contributed by atoms with E-state index in [-0.39, 0.29) is 5.75 Å². The van der Waals surface area contributed by atoms with Gasteiger partial charge in [-0.25, -0.2) is 0 Å². The Morgan fingerprint density at radius 3 is 2.25 bits per heavy atom. The van der Waals surface area contributed by atoms with E-state index in [9.17, 15) is 9.90 Å². The maximum atomic E-state index is 11.3. The van der Waals surface area contributed by atoms with Gasteiger partial charge in [-0.3, -0.25) is 4.79 Å². The van der Waals surface area contributed by atoms with Crippen LogP contribution in [0.25, 0.3) is 0 Å². The van der Waals surface area contributed by atoms with Crippen LogP contribution >= 0.6 is 0 Å². The number of nitrogens with two attached hydrogens (primary N) is 1. The minimum absolute atomic E-state index is 0.273. The number of phenolic OH excluding ortho intramolecular Hbond substituents is 1. The first-order valence-electron chi connectivity index (χ1n) is 5.75. The molecule has 0 saturated heterocycles. The van der Waals surface area contributed by atoms with E-state index in [1.54, 1.807) is 12.1 Å². The van der Waals surface area contributed by atoms with Crippen molar-refractivity contribution in [3.63, 3.8) is 0 Å². The predicted molar refractivity (Wildman–Crippen MR) is 64.6 cm³/mol. The molecule has 3 N–H and O–H groups in total. The molecule has 3 nitrogen and oxygen atoms in total. The summed E-state index contributed by atoms with van der Waals surface area (Å²) in [5, 5.41) is 9.80. The summed E-state index contributed by atoms with van der Waals surface area (Å²) in [6, 6.07) is 3.17. The summed E-state index contributed by atoms with van der Waals surface area (Å²) in [5.74, 6) is -0.142. The van der Waals surface area contributed by atoms with Crippen molar-refractivity contribution in [2.45, 2.75) is 39.5 Å². The molecule has 1 aromatic carbocycles. The van der Waals surface area contributed by atoms with Gasteiger partial charge in [0.15, 0.2) is 0 Å². The zero-order chi connectivity index (χ0) is 12.1. The number of amides is 1.